The highest BCUT2D eigenvalue weighted by Gasteiger charge is 2.61. The van der Waals surface area contributed by atoms with Crippen molar-refractivity contribution in [3.8, 4) is 0 Å². The van der Waals surface area contributed by atoms with Crippen molar-refractivity contribution < 1.29 is 24.6 Å². The van der Waals surface area contributed by atoms with Gasteiger partial charge in [-0.2, -0.15) is 0 Å². The quantitative estimate of drug-likeness (QED) is 0.339. The normalized spacial score (nSPS) is 40.3. The lowest BCUT2D eigenvalue weighted by Crippen LogP contribution is -2.62. The third-order valence-corrected chi connectivity index (χ3v) is 12.9. The van der Waals surface area contributed by atoms with Gasteiger partial charge in [0.05, 0.1) is 18.8 Å². The lowest BCUT2D eigenvalue weighted by molar-refractivity contribution is -0.156. The average molecular weight is 603 g/mol. The Hall–Kier alpha value is -1.71. The molecule has 0 aromatic heterocycles. The van der Waals surface area contributed by atoms with E-state index in [0.717, 1.165) is 45.2 Å². The van der Waals surface area contributed by atoms with Gasteiger partial charge in [0, 0.05) is 38.6 Å². The van der Waals surface area contributed by atoms with Gasteiger partial charge in [0.2, 0.25) is 17.7 Å². The Balaban J connectivity index is 1.15. The maximum absolute atomic E-state index is 13.0. The number of nitrogens with one attached hydrogen (secondary N) is 2. The summed E-state index contributed by atoms with van der Waals surface area (Å²) in [5.74, 6) is 2.19. The Kier molecular flexibility index (Phi) is 9.84. The molecular weight excluding hydrogens is 544 g/mol. The number of amides is 3. The first kappa shape index (κ1) is 32.7. The molecule has 1 saturated heterocycles. The molecule has 0 radical (unpaired) electrons. The van der Waals surface area contributed by atoms with E-state index in [1.54, 1.807) is 6.92 Å². The standard InChI is InChI=1S/C34H58N4O5/c1-6-30(41)36-26(17-21(2)3)32(43)35-20-31(42)38-15-13-37(14-16-38)27-19-34(5)22(18-28(27)39)7-8-23-24-9-10-29(40)33(24,4)12-11-25(23)34/h21-29,39-40H,6-20H2,1-5H3,(H,35,43)(H,36,41)/t22-,23-,24-,25-,26-,27-,28-,29-,33-,34-/m0/s1. The summed E-state index contributed by atoms with van der Waals surface area (Å²) >= 11 is 0. The van der Waals surface area contributed by atoms with Crippen LogP contribution in [0.15, 0.2) is 0 Å². The number of carbonyl (C=O) groups excluding carboxylic acids is 3. The fourth-order valence-corrected chi connectivity index (χ4v) is 10.3. The lowest BCUT2D eigenvalue weighted by atomic mass is 9.44. The molecule has 0 bridgehead atoms. The number of rotatable bonds is 8. The van der Waals surface area contributed by atoms with Crippen molar-refractivity contribution in [2.75, 3.05) is 32.7 Å². The number of hydrogen-bond acceptors (Lipinski definition) is 6. The van der Waals surface area contributed by atoms with E-state index in [1.807, 2.05) is 18.7 Å². The number of aliphatic hydroxyl groups is 2. The van der Waals surface area contributed by atoms with Gasteiger partial charge in [-0.25, -0.2) is 0 Å². The van der Waals surface area contributed by atoms with E-state index in [1.165, 1.54) is 19.3 Å². The molecule has 9 nitrogen and oxygen atoms in total. The van der Waals surface area contributed by atoms with Gasteiger partial charge in [-0.3, -0.25) is 19.3 Å². The van der Waals surface area contributed by atoms with Crippen LogP contribution in [-0.2, 0) is 14.4 Å². The fourth-order valence-electron chi connectivity index (χ4n) is 10.3. The second-order valence-corrected chi connectivity index (χ2v) is 15.6. The summed E-state index contributed by atoms with van der Waals surface area (Å²) in [6.07, 6.45) is 9.09. The van der Waals surface area contributed by atoms with Crippen LogP contribution in [0.2, 0.25) is 0 Å². The molecular formula is C34H58N4O5. The molecule has 0 aromatic carbocycles. The molecule has 0 unspecified atom stereocenters. The number of fused-ring (bicyclic) bond motifs is 5. The first-order chi connectivity index (χ1) is 20.4. The Labute approximate surface area is 258 Å². The molecule has 4 N–H and O–H groups in total. The molecule has 0 spiro atoms. The van der Waals surface area contributed by atoms with E-state index in [9.17, 15) is 24.6 Å². The van der Waals surface area contributed by atoms with Crippen molar-refractivity contribution in [1.82, 2.24) is 20.4 Å². The summed E-state index contributed by atoms with van der Waals surface area (Å²) in [7, 11) is 0. The Bertz CT molecular complexity index is 1030. The maximum Gasteiger partial charge on any atom is 0.243 e. The molecule has 5 aliphatic rings. The molecule has 1 aliphatic heterocycles. The van der Waals surface area contributed by atoms with E-state index in [0.29, 0.717) is 49.6 Å². The van der Waals surface area contributed by atoms with Crippen molar-refractivity contribution in [3.05, 3.63) is 0 Å². The first-order valence-corrected chi connectivity index (χ1v) is 17.3. The zero-order chi connectivity index (χ0) is 31.1. The highest BCUT2D eigenvalue weighted by Crippen LogP contribution is 2.66. The number of nitrogens with zero attached hydrogens (tertiary/aromatic N) is 2. The van der Waals surface area contributed by atoms with Crippen molar-refractivity contribution >= 4 is 17.7 Å². The topological polar surface area (TPSA) is 122 Å². The summed E-state index contributed by atoms with van der Waals surface area (Å²) in [4.78, 5) is 42.0. The second-order valence-electron chi connectivity index (χ2n) is 15.6. The second kappa shape index (κ2) is 13.0. The molecule has 4 aliphatic carbocycles. The highest BCUT2D eigenvalue weighted by atomic mass is 16.3. The van der Waals surface area contributed by atoms with Gasteiger partial charge in [-0.05, 0) is 98.2 Å². The largest absolute Gasteiger partial charge is 0.393 e. The predicted octanol–water partition coefficient (Wildman–Crippen LogP) is 2.93. The van der Waals surface area contributed by atoms with Crippen LogP contribution in [0.4, 0.5) is 0 Å². The molecule has 43 heavy (non-hydrogen) atoms. The van der Waals surface area contributed by atoms with Gasteiger partial charge in [0.15, 0.2) is 0 Å². The molecule has 0 aromatic rings. The van der Waals surface area contributed by atoms with Crippen LogP contribution in [0, 0.1) is 40.4 Å². The van der Waals surface area contributed by atoms with Crippen LogP contribution in [0.3, 0.4) is 0 Å². The van der Waals surface area contributed by atoms with Gasteiger partial charge < -0.3 is 25.7 Å². The zero-order valence-corrected chi connectivity index (χ0v) is 27.3. The predicted molar refractivity (Wildman–Crippen MR) is 166 cm³/mol. The molecule has 10 atom stereocenters. The molecule has 5 rings (SSSR count). The summed E-state index contributed by atoms with van der Waals surface area (Å²) < 4.78 is 0. The Morgan fingerprint density at radius 2 is 1.63 bits per heavy atom. The van der Waals surface area contributed by atoms with Gasteiger partial charge in [0.25, 0.3) is 0 Å². The minimum absolute atomic E-state index is 0.0704. The summed E-state index contributed by atoms with van der Waals surface area (Å²) in [5.41, 5.74) is 0.289. The Morgan fingerprint density at radius 1 is 0.930 bits per heavy atom. The molecule has 244 valence electrons. The van der Waals surface area contributed by atoms with Crippen LogP contribution >= 0.6 is 0 Å². The monoisotopic (exact) mass is 602 g/mol. The van der Waals surface area contributed by atoms with Gasteiger partial charge in [0.1, 0.15) is 6.04 Å². The van der Waals surface area contributed by atoms with Crippen molar-refractivity contribution in [1.29, 1.82) is 0 Å². The number of piperazine rings is 1. The molecule has 9 heteroatoms. The Morgan fingerprint density at radius 3 is 2.30 bits per heavy atom. The van der Waals surface area contributed by atoms with Crippen molar-refractivity contribution in [3.63, 3.8) is 0 Å². The van der Waals surface area contributed by atoms with Crippen LogP contribution in [-0.4, -0.2) is 94.7 Å². The zero-order valence-electron chi connectivity index (χ0n) is 27.3. The molecule has 1 heterocycles. The minimum atomic E-state index is -0.633. The van der Waals surface area contributed by atoms with Crippen LogP contribution in [0.5, 0.6) is 0 Å². The molecule has 3 amide bonds. The molecule has 4 saturated carbocycles. The minimum Gasteiger partial charge on any atom is -0.393 e. The third kappa shape index (κ3) is 6.37. The highest BCUT2D eigenvalue weighted by molar-refractivity contribution is 5.90. The summed E-state index contributed by atoms with van der Waals surface area (Å²) in [6.45, 7) is 13.2. The van der Waals surface area contributed by atoms with E-state index < -0.39 is 6.04 Å². The van der Waals surface area contributed by atoms with Crippen LogP contribution in [0.25, 0.3) is 0 Å². The summed E-state index contributed by atoms with van der Waals surface area (Å²) in [6, 6.07) is -0.524. The van der Waals surface area contributed by atoms with Crippen molar-refractivity contribution in [2.24, 2.45) is 40.4 Å². The molecule has 5 fully saturated rings. The van der Waals surface area contributed by atoms with Crippen molar-refractivity contribution in [2.45, 2.75) is 123 Å². The summed E-state index contributed by atoms with van der Waals surface area (Å²) in [5, 5.41) is 27.8. The maximum atomic E-state index is 13.0. The third-order valence-electron chi connectivity index (χ3n) is 12.9. The van der Waals surface area contributed by atoms with E-state index >= 15 is 0 Å². The number of hydrogen-bond donors (Lipinski definition) is 4. The fraction of sp³-hybridized carbons (Fsp3) is 0.912. The van der Waals surface area contributed by atoms with Gasteiger partial charge >= 0.3 is 0 Å². The average Bonchev–Trinajstić information content (AvgIpc) is 3.29. The smallest absolute Gasteiger partial charge is 0.243 e. The SMILES string of the molecule is CCC(=O)N[C@@H](CC(C)C)C(=O)NCC(=O)N1CCN([C@H]2C[C@@]3(C)[C@@H](CC[C@@H]4[C@@H]3CC[C@]3(C)[C@@H](O)CC[C@@H]43)C[C@@H]2O)CC1. The number of carbonyl (C=O) groups is 3. The van der Waals surface area contributed by atoms with Gasteiger partial charge in [-0.15, -0.1) is 0 Å². The van der Waals surface area contributed by atoms with E-state index in [4.69, 9.17) is 0 Å². The first-order valence-electron chi connectivity index (χ1n) is 17.3. The van der Waals surface area contributed by atoms with E-state index in [-0.39, 0.29) is 59.3 Å². The number of aliphatic hydroxyl groups excluding tert-OH is 2. The van der Waals surface area contributed by atoms with E-state index in [2.05, 4.69) is 29.4 Å². The van der Waals surface area contributed by atoms with Crippen LogP contribution in [0.1, 0.15) is 98.8 Å². The lowest BCUT2D eigenvalue weighted by Gasteiger charge is -2.62. The van der Waals surface area contributed by atoms with Gasteiger partial charge in [-0.1, -0.05) is 34.6 Å². The van der Waals surface area contributed by atoms with Crippen LogP contribution < -0.4 is 10.6 Å².